The van der Waals surface area contributed by atoms with Crippen LogP contribution in [0.25, 0.3) is 0 Å². The highest BCUT2D eigenvalue weighted by Gasteiger charge is 2.32. The third-order valence-electron chi connectivity index (χ3n) is 3.95. The van der Waals surface area contributed by atoms with E-state index in [0.717, 1.165) is 5.92 Å². The van der Waals surface area contributed by atoms with Crippen LogP contribution in [0.5, 0.6) is 0 Å². The fourth-order valence-electron chi connectivity index (χ4n) is 2.45. The SMILES string of the molecule is CCC(CC(C)(C)C)C(C)(CC)CC. The van der Waals surface area contributed by atoms with E-state index < -0.39 is 0 Å². The average molecular weight is 198 g/mol. The molecule has 14 heavy (non-hydrogen) atoms. The number of hydrogen-bond donors (Lipinski definition) is 0. The maximum Gasteiger partial charge on any atom is -0.0303 e. The third kappa shape index (κ3) is 4.02. The molecule has 86 valence electrons. The first-order chi connectivity index (χ1) is 6.29. The van der Waals surface area contributed by atoms with Gasteiger partial charge in [0, 0.05) is 0 Å². The van der Waals surface area contributed by atoms with Gasteiger partial charge in [0.05, 0.1) is 0 Å². The molecule has 0 bridgehead atoms. The van der Waals surface area contributed by atoms with Crippen molar-refractivity contribution in [1.82, 2.24) is 0 Å². The third-order valence-corrected chi connectivity index (χ3v) is 3.95. The van der Waals surface area contributed by atoms with E-state index in [1.54, 1.807) is 0 Å². The minimum Gasteiger partial charge on any atom is -0.0651 e. The molecular formula is C14H30. The Morgan fingerprint density at radius 2 is 1.29 bits per heavy atom. The van der Waals surface area contributed by atoms with Gasteiger partial charge >= 0.3 is 0 Å². The summed E-state index contributed by atoms with van der Waals surface area (Å²) in [5.74, 6) is 0.887. The molecule has 0 aliphatic heterocycles. The Labute approximate surface area is 91.5 Å². The van der Waals surface area contributed by atoms with E-state index in [4.69, 9.17) is 0 Å². The fourth-order valence-corrected chi connectivity index (χ4v) is 2.45. The Morgan fingerprint density at radius 3 is 1.50 bits per heavy atom. The van der Waals surface area contributed by atoms with Crippen LogP contribution in [-0.4, -0.2) is 0 Å². The quantitative estimate of drug-likeness (QED) is 0.564. The average Bonchev–Trinajstić information content (AvgIpc) is 2.11. The van der Waals surface area contributed by atoms with Crippen LogP contribution in [0.15, 0.2) is 0 Å². The van der Waals surface area contributed by atoms with Crippen LogP contribution in [0.1, 0.15) is 74.1 Å². The van der Waals surface area contributed by atoms with E-state index in [1.165, 1.54) is 25.7 Å². The molecule has 0 heterocycles. The normalized spacial score (nSPS) is 15.6. The molecule has 0 aromatic heterocycles. The van der Waals surface area contributed by atoms with Crippen molar-refractivity contribution in [1.29, 1.82) is 0 Å². The molecule has 0 rings (SSSR count). The molecule has 0 aliphatic rings. The molecule has 0 nitrogen and oxygen atoms in total. The lowest BCUT2D eigenvalue weighted by Crippen LogP contribution is -2.29. The Bertz CT molecular complexity index is 146. The molecule has 0 spiro atoms. The van der Waals surface area contributed by atoms with Crippen molar-refractivity contribution >= 4 is 0 Å². The van der Waals surface area contributed by atoms with Crippen molar-refractivity contribution in [2.24, 2.45) is 16.7 Å². The van der Waals surface area contributed by atoms with Gasteiger partial charge in [-0.05, 0) is 23.2 Å². The monoisotopic (exact) mass is 198 g/mol. The summed E-state index contributed by atoms with van der Waals surface area (Å²) < 4.78 is 0. The summed E-state index contributed by atoms with van der Waals surface area (Å²) in [6.07, 6.45) is 5.33. The minimum absolute atomic E-state index is 0.478. The summed E-state index contributed by atoms with van der Waals surface area (Å²) in [6.45, 7) is 16.6. The van der Waals surface area contributed by atoms with Gasteiger partial charge in [-0.15, -0.1) is 0 Å². The zero-order chi connectivity index (χ0) is 11.4. The van der Waals surface area contributed by atoms with E-state index >= 15 is 0 Å². The zero-order valence-corrected chi connectivity index (χ0v) is 11.4. The van der Waals surface area contributed by atoms with Crippen LogP contribution in [-0.2, 0) is 0 Å². The molecule has 0 N–H and O–H groups in total. The van der Waals surface area contributed by atoms with Gasteiger partial charge in [0.1, 0.15) is 0 Å². The van der Waals surface area contributed by atoms with Gasteiger partial charge in [0.15, 0.2) is 0 Å². The molecule has 0 amide bonds. The first-order valence-corrected chi connectivity index (χ1v) is 6.29. The fraction of sp³-hybridized carbons (Fsp3) is 1.00. The van der Waals surface area contributed by atoms with Gasteiger partial charge in [0.2, 0.25) is 0 Å². The Kier molecular flexibility index (Phi) is 5.19. The maximum atomic E-state index is 2.47. The number of hydrogen-bond acceptors (Lipinski definition) is 0. The first kappa shape index (κ1) is 14.0. The highest BCUT2D eigenvalue weighted by Crippen LogP contribution is 2.42. The lowest BCUT2D eigenvalue weighted by atomic mass is 9.66. The van der Waals surface area contributed by atoms with Crippen molar-refractivity contribution in [2.45, 2.75) is 74.1 Å². The summed E-state index contributed by atoms with van der Waals surface area (Å²) in [4.78, 5) is 0. The minimum atomic E-state index is 0.478. The molecule has 0 saturated carbocycles. The van der Waals surface area contributed by atoms with Crippen molar-refractivity contribution in [3.63, 3.8) is 0 Å². The molecule has 0 aromatic carbocycles. The summed E-state index contributed by atoms with van der Waals surface area (Å²) in [7, 11) is 0. The first-order valence-electron chi connectivity index (χ1n) is 6.29. The van der Waals surface area contributed by atoms with Gasteiger partial charge in [-0.1, -0.05) is 67.7 Å². The van der Waals surface area contributed by atoms with Crippen molar-refractivity contribution in [3.05, 3.63) is 0 Å². The Hall–Kier alpha value is 0. The summed E-state index contributed by atoms with van der Waals surface area (Å²) in [5.41, 5.74) is 1.04. The van der Waals surface area contributed by atoms with E-state index in [2.05, 4.69) is 48.5 Å². The Morgan fingerprint density at radius 1 is 0.857 bits per heavy atom. The molecule has 0 heteroatoms. The van der Waals surface area contributed by atoms with Crippen molar-refractivity contribution < 1.29 is 0 Å². The van der Waals surface area contributed by atoms with E-state index in [1.807, 2.05) is 0 Å². The van der Waals surface area contributed by atoms with Crippen LogP contribution in [0.4, 0.5) is 0 Å². The molecule has 1 atom stereocenters. The standard InChI is InChI=1S/C14H30/c1-8-12(11-13(4,5)6)14(7,9-2)10-3/h12H,8-11H2,1-7H3. The summed E-state index contributed by atoms with van der Waals surface area (Å²) in [5, 5.41) is 0. The van der Waals surface area contributed by atoms with Crippen LogP contribution in [0.2, 0.25) is 0 Å². The Balaban J connectivity index is 4.53. The molecule has 0 aromatic rings. The van der Waals surface area contributed by atoms with Crippen LogP contribution in [0, 0.1) is 16.7 Å². The highest BCUT2D eigenvalue weighted by molar-refractivity contribution is 4.82. The largest absolute Gasteiger partial charge is 0.0651 e. The van der Waals surface area contributed by atoms with Gasteiger partial charge < -0.3 is 0 Å². The van der Waals surface area contributed by atoms with Crippen LogP contribution < -0.4 is 0 Å². The molecule has 1 unspecified atom stereocenters. The number of rotatable bonds is 5. The van der Waals surface area contributed by atoms with Crippen molar-refractivity contribution in [3.8, 4) is 0 Å². The second-order valence-corrected chi connectivity index (χ2v) is 6.23. The van der Waals surface area contributed by atoms with Gasteiger partial charge in [0.25, 0.3) is 0 Å². The molecular weight excluding hydrogens is 168 g/mol. The lowest BCUT2D eigenvalue weighted by molar-refractivity contribution is 0.114. The van der Waals surface area contributed by atoms with Crippen LogP contribution in [0.3, 0.4) is 0 Å². The molecule has 0 radical (unpaired) electrons. The van der Waals surface area contributed by atoms with Crippen LogP contribution >= 0.6 is 0 Å². The highest BCUT2D eigenvalue weighted by atomic mass is 14.4. The van der Waals surface area contributed by atoms with Gasteiger partial charge in [-0.3, -0.25) is 0 Å². The second kappa shape index (κ2) is 5.19. The van der Waals surface area contributed by atoms with E-state index in [0.29, 0.717) is 10.8 Å². The van der Waals surface area contributed by atoms with E-state index in [9.17, 15) is 0 Å². The molecule has 0 fully saturated rings. The van der Waals surface area contributed by atoms with Crippen molar-refractivity contribution in [2.75, 3.05) is 0 Å². The smallest absolute Gasteiger partial charge is 0.0303 e. The molecule has 0 aliphatic carbocycles. The maximum absolute atomic E-state index is 2.47. The molecule has 0 saturated heterocycles. The predicted molar refractivity (Wildman–Crippen MR) is 66.5 cm³/mol. The van der Waals surface area contributed by atoms with Gasteiger partial charge in [-0.2, -0.15) is 0 Å². The second-order valence-electron chi connectivity index (χ2n) is 6.23. The van der Waals surface area contributed by atoms with E-state index in [-0.39, 0.29) is 0 Å². The zero-order valence-electron chi connectivity index (χ0n) is 11.4. The van der Waals surface area contributed by atoms with Gasteiger partial charge in [-0.25, -0.2) is 0 Å². The topological polar surface area (TPSA) is 0 Å². The summed E-state index contributed by atoms with van der Waals surface area (Å²) in [6, 6.07) is 0. The summed E-state index contributed by atoms with van der Waals surface area (Å²) >= 11 is 0. The lowest BCUT2D eigenvalue weighted by Gasteiger charge is -2.39. The predicted octanol–water partition coefficient (Wildman–Crippen LogP) is 5.28.